The molecule has 0 aliphatic carbocycles. The van der Waals surface area contributed by atoms with E-state index in [1.54, 1.807) is 30.9 Å². The summed E-state index contributed by atoms with van der Waals surface area (Å²) in [6, 6.07) is 15.9. The number of piperidine rings is 2. The maximum absolute atomic E-state index is 13.5. The first kappa shape index (κ1) is 23.9. The molecule has 6 nitrogen and oxygen atoms in total. The van der Waals surface area contributed by atoms with E-state index < -0.39 is 5.54 Å². The van der Waals surface area contributed by atoms with Crippen molar-refractivity contribution in [2.24, 2.45) is 5.41 Å². The molecule has 2 heterocycles. The fourth-order valence-corrected chi connectivity index (χ4v) is 5.41. The third-order valence-corrected chi connectivity index (χ3v) is 7.27. The van der Waals surface area contributed by atoms with E-state index >= 15 is 0 Å². The number of halogens is 1. The van der Waals surface area contributed by atoms with Gasteiger partial charge in [0.2, 0.25) is 17.7 Å². The minimum Gasteiger partial charge on any atom is -0.355 e. The molecular formula is C27H32FN3O3. The largest absolute Gasteiger partial charge is 0.355 e. The number of hydrogen-bond donors (Lipinski definition) is 2. The first-order valence-electron chi connectivity index (χ1n) is 11.8. The van der Waals surface area contributed by atoms with E-state index in [1.807, 2.05) is 30.3 Å². The third kappa shape index (κ3) is 5.13. The van der Waals surface area contributed by atoms with Crippen LogP contribution in [0.1, 0.15) is 50.2 Å². The van der Waals surface area contributed by atoms with Gasteiger partial charge in [0.15, 0.2) is 0 Å². The Morgan fingerprint density at radius 2 is 1.74 bits per heavy atom. The van der Waals surface area contributed by atoms with Crippen molar-refractivity contribution in [3.05, 3.63) is 71.5 Å². The first-order chi connectivity index (χ1) is 16.2. The van der Waals surface area contributed by atoms with Crippen molar-refractivity contribution >= 4 is 17.7 Å². The molecule has 0 radical (unpaired) electrons. The number of carbonyl (C=O) groups is 3. The molecule has 2 aliphatic rings. The zero-order valence-corrected chi connectivity index (χ0v) is 19.8. The van der Waals surface area contributed by atoms with Gasteiger partial charge >= 0.3 is 0 Å². The third-order valence-electron chi connectivity index (χ3n) is 7.27. The SMILES string of the molecule is CC(C)(NC(=O)Cc1ccccc1)C(=O)N1CCC2(CC1)CC(=O)NCC2c1ccc(F)cc1. The topological polar surface area (TPSA) is 78.5 Å². The second-order valence-electron chi connectivity index (χ2n) is 10.1. The van der Waals surface area contributed by atoms with Gasteiger partial charge in [-0.2, -0.15) is 0 Å². The average molecular weight is 466 g/mol. The fraction of sp³-hybridized carbons (Fsp3) is 0.444. The van der Waals surface area contributed by atoms with Gasteiger partial charge in [0.05, 0.1) is 6.42 Å². The van der Waals surface area contributed by atoms with Crippen molar-refractivity contribution in [2.75, 3.05) is 19.6 Å². The van der Waals surface area contributed by atoms with Crippen LogP contribution in [0, 0.1) is 11.2 Å². The summed E-state index contributed by atoms with van der Waals surface area (Å²) >= 11 is 0. The standard InChI is InChI=1S/C27H32FN3O3/c1-26(2,30-23(32)16-19-6-4-3-5-7-19)25(34)31-14-12-27(13-15-31)17-24(33)29-18-22(27)20-8-10-21(28)11-9-20/h3-11,22H,12-18H2,1-2H3,(H,29,33)(H,30,32). The summed E-state index contributed by atoms with van der Waals surface area (Å²) in [5.74, 6) is -0.511. The van der Waals surface area contributed by atoms with Crippen LogP contribution in [0.4, 0.5) is 4.39 Å². The highest BCUT2D eigenvalue weighted by atomic mass is 19.1. The number of rotatable bonds is 5. The van der Waals surface area contributed by atoms with Crippen molar-refractivity contribution in [3.8, 4) is 0 Å². The molecular weight excluding hydrogens is 433 g/mol. The van der Waals surface area contributed by atoms with Gasteiger partial charge in [-0.25, -0.2) is 4.39 Å². The van der Waals surface area contributed by atoms with Crippen molar-refractivity contribution in [1.82, 2.24) is 15.5 Å². The van der Waals surface area contributed by atoms with Crippen LogP contribution in [0.5, 0.6) is 0 Å². The lowest BCUT2D eigenvalue weighted by Gasteiger charge is -2.49. The lowest BCUT2D eigenvalue weighted by Crippen LogP contribution is -2.59. The maximum Gasteiger partial charge on any atom is 0.247 e. The Kier molecular flexibility index (Phi) is 6.73. The molecule has 2 fully saturated rings. The Morgan fingerprint density at radius 1 is 1.09 bits per heavy atom. The lowest BCUT2D eigenvalue weighted by molar-refractivity contribution is -0.143. The molecule has 34 heavy (non-hydrogen) atoms. The van der Waals surface area contributed by atoms with E-state index in [2.05, 4.69) is 10.6 Å². The molecule has 0 saturated carbocycles. The smallest absolute Gasteiger partial charge is 0.247 e. The molecule has 3 amide bonds. The van der Waals surface area contributed by atoms with Crippen LogP contribution in [0.3, 0.4) is 0 Å². The van der Waals surface area contributed by atoms with Crippen LogP contribution in [0.2, 0.25) is 0 Å². The summed E-state index contributed by atoms with van der Waals surface area (Å²) in [6.45, 7) is 5.01. The minimum absolute atomic E-state index is 0.0200. The molecule has 2 aromatic carbocycles. The molecule has 0 aromatic heterocycles. The zero-order chi connectivity index (χ0) is 24.3. The number of hydrogen-bond acceptors (Lipinski definition) is 3. The van der Waals surface area contributed by atoms with E-state index in [4.69, 9.17) is 0 Å². The normalized spacial score (nSPS) is 20.0. The highest BCUT2D eigenvalue weighted by Gasteiger charge is 2.48. The highest BCUT2D eigenvalue weighted by Crippen LogP contribution is 2.48. The molecule has 2 N–H and O–H groups in total. The van der Waals surface area contributed by atoms with E-state index in [0.29, 0.717) is 38.9 Å². The predicted octanol–water partition coefficient (Wildman–Crippen LogP) is 3.18. The number of nitrogens with one attached hydrogen (secondary N) is 2. The second-order valence-corrected chi connectivity index (χ2v) is 10.1. The summed E-state index contributed by atoms with van der Waals surface area (Å²) in [5, 5.41) is 5.85. The van der Waals surface area contributed by atoms with Gasteiger partial charge in [0.25, 0.3) is 0 Å². The number of amides is 3. The van der Waals surface area contributed by atoms with Crippen LogP contribution >= 0.6 is 0 Å². The van der Waals surface area contributed by atoms with Gasteiger partial charge in [-0.3, -0.25) is 14.4 Å². The average Bonchev–Trinajstić information content (AvgIpc) is 2.80. The van der Waals surface area contributed by atoms with Gasteiger partial charge in [-0.05, 0) is 55.4 Å². The Labute approximate surface area is 199 Å². The van der Waals surface area contributed by atoms with Gasteiger partial charge in [-0.1, -0.05) is 42.5 Å². The van der Waals surface area contributed by atoms with Crippen molar-refractivity contribution < 1.29 is 18.8 Å². The molecule has 2 aromatic rings. The maximum atomic E-state index is 13.5. The van der Waals surface area contributed by atoms with Crippen LogP contribution < -0.4 is 10.6 Å². The summed E-state index contributed by atoms with van der Waals surface area (Å²) in [6.07, 6.45) is 1.98. The van der Waals surface area contributed by atoms with Gasteiger partial charge in [-0.15, -0.1) is 0 Å². The minimum atomic E-state index is -1.03. The molecule has 2 aliphatic heterocycles. The number of benzene rings is 2. The fourth-order valence-electron chi connectivity index (χ4n) is 5.41. The van der Waals surface area contributed by atoms with E-state index in [0.717, 1.165) is 11.1 Å². The van der Waals surface area contributed by atoms with Gasteiger partial charge in [0.1, 0.15) is 11.4 Å². The van der Waals surface area contributed by atoms with Gasteiger partial charge < -0.3 is 15.5 Å². The first-order valence-corrected chi connectivity index (χ1v) is 11.8. The van der Waals surface area contributed by atoms with Crippen LogP contribution in [0.25, 0.3) is 0 Å². The summed E-state index contributed by atoms with van der Waals surface area (Å²) < 4.78 is 13.5. The molecule has 2 saturated heterocycles. The molecule has 1 spiro atoms. The quantitative estimate of drug-likeness (QED) is 0.712. The van der Waals surface area contributed by atoms with Crippen molar-refractivity contribution in [2.45, 2.75) is 51.0 Å². The Balaban J connectivity index is 1.41. The van der Waals surface area contributed by atoms with E-state index in [1.165, 1.54) is 12.1 Å². The molecule has 7 heteroatoms. The second kappa shape index (κ2) is 9.57. The Bertz CT molecular complexity index is 1040. The molecule has 1 unspecified atom stereocenters. The number of carbonyl (C=O) groups excluding carboxylic acids is 3. The van der Waals surface area contributed by atoms with Gasteiger partial charge in [0, 0.05) is 32.0 Å². The lowest BCUT2D eigenvalue weighted by atomic mass is 9.62. The Morgan fingerprint density at radius 3 is 2.38 bits per heavy atom. The summed E-state index contributed by atoms with van der Waals surface area (Å²) in [5.41, 5.74) is 0.606. The summed E-state index contributed by atoms with van der Waals surface area (Å²) in [4.78, 5) is 40.0. The monoisotopic (exact) mass is 465 g/mol. The summed E-state index contributed by atoms with van der Waals surface area (Å²) in [7, 11) is 0. The number of nitrogens with zero attached hydrogens (tertiary/aromatic N) is 1. The predicted molar refractivity (Wildman–Crippen MR) is 127 cm³/mol. The molecule has 4 rings (SSSR count). The highest BCUT2D eigenvalue weighted by molar-refractivity contribution is 5.91. The molecule has 0 bridgehead atoms. The zero-order valence-electron chi connectivity index (χ0n) is 19.8. The Hall–Kier alpha value is -3.22. The van der Waals surface area contributed by atoms with Crippen LogP contribution in [-0.4, -0.2) is 47.8 Å². The van der Waals surface area contributed by atoms with Crippen molar-refractivity contribution in [1.29, 1.82) is 0 Å². The number of likely N-dealkylation sites (tertiary alicyclic amines) is 1. The van der Waals surface area contributed by atoms with E-state index in [9.17, 15) is 18.8 Å². The molecule has 1 atom stereocenters. The van der Waals surface area contributed by atoms with E-state index in [-0.39, 0.29) is 41.3 Å². The van der Waals surface area contributed by atoms with Crippen molar-refractivity contribution in [3.63, 3.8) is 0 Å². The molecule has 180 valence electrons. The van der Waals surface area contributed by atoms with Crippen LogP contribution in [0.15, 0.2) is 54.6 Å². The van der Waals surface area contributed by atoms with Crippen LogP contribution in [-0.2, 0) is 20.8 Å².